The number of aryl methyl sites for hydroxylation is 1. The fraction of sp³-hybridized carbons (Fsp3) is 0.450. The highest BCUT2D eigenvalue weighted by Gasteiger charge is 2.55. The standard InChI is InChI=1S/C20H25N2/c1-6-19(4)16-13-14(3)21-12-10-15-9-8-11-22(17(15)18(16)21)20(19,5)7-2/h8-13H,6-7H2,1-5H3/q+1. The number of aromatic nitrogens is 2. The predicted octanol–water partition coefficient (Wildman–Crippen LogP) is 4.49. The Morgan fingerprint density at radius 1 is 1.14 bits per heavy atom. The Morgan fingerprint density at radius 3 is 2.59 bits per heavy atom. The molecule has 3 aromatic rings. The highest BCUT2D eigenvalue weighted by atomic mass is 15.1. The molecule has 4 rings (SSSR count). The van der Waals surface area contributed by atoms with Gasteiger partial charge < -0.3 is 4.40 Å². The molecule has 0 aliphatic carbocycles. The average molecular weight is 293 g/mol. The highest BCUT2D eigenvalue weighted by Crippen LogP contribution is 2.48. The third-order valence-corrected chi connectivity index (χ3v) is 6.59. The van der Waals surface area contributed by atoms with Crippen LogP contribution in [0.1, 0.15) is 51.8 Å². The van der Waals surface area contributed by atoms with E-state index in [0.29, 0.717) is 0 Å². The van der Waals surface area contributed by atoms with Gasteiger partial charge in [-0.25, -0.2) is 0 Å². The number of rotatable bonds is 2. The molecule has 0 fully saturated rings. The minimum atomic E-state index is 0.101. The second-order valence-corrected chi connectivity index (χ2v) is 7.23. The fourth-order valence-corrected chi connectivity index (χ4v) is 4.67. The van der Waals surface area contributed by atoms with Crippen molar-refractivity contribution in [1.29, 1.82) is 0 Å². The van der Waals surface area contributed by atoms with E-state index in [1.807, 2.05) is 0 Å². The molecule has 0 N–H and O–H groups in total. The molecule has 0 saturated heterocycles. The Hall–Kier alpha value is -1.83. The van der Waals surface area contributed by atoms with Gasteiger partial charge in [0, 0.05) is 31.3 Å². The van der Waals surface area contributed by atoms with Crippen molar-refractivity contribution in [2.45, 2.75) is 58.4 Å². The summed E-state index contributed by atoms with van der Waals surface area (Å²) in [5.41, 5.74) is 5.91. The SMILES string of the molecule is CCC1(C)c2cc(C)n3ccc4ccc[n+](c4c23)C1(C)CC. The Labute approximate surface area is 132 Å². The summed E-state index contributed by atoms with van der Waals surface area (Å²) in [5, 5.41) is 1.34. The Bertz CT molecular complexity index is 905. The predicted molar refractivity (Wildman–Crippen MR) is 91.4 cm³/mol. The molecular weight excluding hydrogens is 268 g/mol. The molecule has 0 saturated carbocycles. The molecule has 2 heteroatoms. The molecule has 1 aliphatic rings. The molecule has 0 bridgehead atoms. The van der Waals surface area contributed by atoms with Gasteiger partial charge in [-0.15, -0.1) is 0 Å². The summed E-state index contributed by atoms with van der Waals surface area (Å²) in [6, 6.07) is 9.11. The summed E-state index contributed by atoms with van der Waals surface area (Å²) in [6.45, 7) is 11.8. The van der Waals surface area contributed by atoms with Crippen LogP contribution in [-0.4, -0.2) is 4.40 Å². The first kappa shape index (κ1) is 13.8. The second kappa shape index (κ2) is 4.13. The van der Waals surface area contributed by atoms with E-state index in [4.69, 9.17) is 0 Å². The van der Waals surface area contributed by atoms with E-state index in [9.17, 15) is 0 Å². The molecule has 2 nitrogen and oxygen atoms in total. The fourth-order valence-electron chi connectivity index (χ4n) is 4.67. The molecule has 4 heterocycles. The van der Waals surface area contributed by atoms with Gasteiger partial charge in [-0.1, -0.05) is 13.8 Å². The van der Waals surface area contributed by atoms with Crippen LogP contribution in [0.25, 0.3) is 16.4 Å². The molecule has 3 aromatic heterocycles. The Balaban J connectivity index is 2.33. The first-order valence-electron chi connectivity index (χ1n) is 8.44. The molecule has 0 aromatic carbocycles. The zero-order valence-electron chi connectivity index (χ0n) is 14.3. The lowest BCUT2D eigenvalue weighted by atomic mass is 9.62. The van der Waals surface area contributed by atoms with Crippen molar-refractivity contribution in [3.63, 3.8) is 0 Å². The van der Waals surface area contributed by atoms with E-state index in [2.05, 4.69) is 80.2 Å². The van der Waals surface area contributed by atoms with Crippen molar-refractivity contribution >= 4 is 16.4 Å². The Morgan fingerprint density at radius 2 is 1.91 bits per heavy atom. The maximum atomic E-state index is 2.55. The van der Waals surface area contributed by atoms with Crippen LogP contribution >= 0.6 is 0 Å². The maximum absolute atomic E-state index is 2.55. The van der Waals surface area contributed by atoms with Crippen molar-refractivity contribution in [3.8, 4) is 0 Å². The van der Waals surface area contributed by atoms with E-state index >= 15 is 0 Å². The van der Waals surface area contributed by atoms with Crippen LogP contribution in [0.4, 0.5) is 0 Å². The molecule has 2 unspecified atom stereocenters. The first-order chi connectivity index (χ1) is 10.5. The molecule has 1 aliphatic heterocycles. The van der Waals surface area contributed by atoms with Gasteiger partial charge in [0.25, 0.3) is 0 Å². The molecule has 22 heavy (non-hydrogen) atoms. The van der Waals surface area contributed by atoms with Crippen LogP contribution in [0.2, 0.25) is 0 Å². The summed E-state index contributed by atoms with van der Waals surface area (Å²) in [6.07, 6.45) is 6.79. The third-order valence-electron chi connectivity index (χ3n) is 6.59. The van der Waals surface area contributed by atoms with E-state index < -0.39 is 0 Å². The van der Waals surface area contributed by atoms with Crippen LogP contribution in [0, 0.1) is 6.92 Å². The van der Waals surface area contributed by atoms with Crippen LogP contribution in [0.5, 0.6) is 0 Å². The smallest absolute Gasteiger partial charge is 0.237 e. The zero-order valence-corrected chi connectivity index (χ0v) is 14.3. The summed E-state index contributed by atoms with van der Waals surface area (Å²) < 4.78 is 4.92. The van der Waals surface area contributed by atoms with Crippen molar-refractivity contribution in [1.82, 2.24) is 4.40 Å². The minimum Gasteiger partial charge on any atom is -0.315 e. The van der Waals surface area contributed by atoms with E-state index in [1.54, 1.807) is 0 Å². The summed E-state index contributed by atoms with van der Waals surface area (Å²) in [5.74, 6) is 0. The summed E-state index contributed by atoms with van der Waals surface area (Å²) >= 11 is 0. The van der Waals surface area contributed by atoms with Crippen LogP contribution in [-0.2, 0) is 11.0 Å². The first-order valence-corrected chi connectivity index (χ1v) is 8.44. The van der Waals surface area contributed by atoms with Crippen molar-refractivity contribution < 1.29 is 4.57 Å². The monoisotopic (exact) mass is 293 g/mol. The van der Waals surface area contributed by atoms with Gasteiger partial charge in [0.2, 0.25) is 5.52 Å². The van der Waals surface area contributed by atoms with Crippen LogP contribution in [0.15, 0.2) is 36.7 Å². The molecule has 2 atom stereocenters. The van der Waals surface area contributed by atoms with Crippen molar-refractivity contribution in [2.75, 3.05) is 0 Å². The molecule has 114 valence electrons. The van der Waals surface area contributed by atoms with Gasteiger partial charge in [-0.05, 0) is 44.0 Å². The maximum Gasteiger partial charge on any atom is 0.237 e. The van der Waals surface area contributed by atoms with Gasteiger partial charge in [-0.3, -0.25) is 0 Å². The van der Waals surface area contributed by atoms with Crippen LogP contribution < -0.4 is 4.57 Å². The second-order valence-electron chi connectivity index (χ2n) is 7.23. The van der Waals surface area contributed by atoms with Crippen LogP contribution in [0.3, 0.4) is 0 Å². The Kier molecular flexibility index (Phi) is 2.59. The van der Waals surface area contributed by atoms with Gasteiger partial charge in [-0.2, -0.15) is 4.57 Å². The molecular formula is C20H25N2+. The van der Waals surface area contributed by atoms with Crippen molar-refractivity contribution in [3.05, 3.63) is 47.9 Å². The van der Waals surface area contributed by atoms with Gasteiger partial charge >= 0.3 is 0 Å². The minimum absolute atomic E-state index is 0.101. The third kappa shape index (κ3) is 1.30. The number of pyridine rings is 2. The molecule has 0 radical (unpaired) electrons. The lowest BCUT2D eigenvalue weighted by Crippen LogP contribution is -2.66. The highest BCUT2D eigenvalue weighted by molar-refractivity contribution is 5.93. The summed E-state index contributed by atoms with van der Waals surface area (Å²) in [4.78, 5) is 0. The van der Waals surface area contributed by atoms with Gasteiger partial charge in [0.05, 0.1) is 10.8 Å². The van der Waals surface area contributed by atoms with E-state index in [-0.39, 0.29) is 11.0 Å². The van der Waals surface area contributed by atoms with Crippen molar-refractivity contribution in [2.24, 2.45) is 0 Å². The molecule has 0 spiro atoms. The number of hydrogen-bond acceptors (Lipinski definition) is 0. The average Bonchev–Trinajstić information content (AvgIpc) is 2.89. The zero-order chi connectivity index (χ0) is 15.7. The quantitative estimate of drug-likeness (QED) is 0.615. The van der Waals surface area contributed by atoms with Gasteiger partial charge in [0.15, 0.2) is 11.7 Å². The van der Waals surface area contributed by atoms with E-state index in [0.717, 1.165) is 12.8 Å². The lowest BCUT2D eigenvalue weighted by molar-refractivity contribution is -0.751. The normalized spacial score (nSPS) is 27.1. The molecule has 0 amide bonds. The van der Waals surface area contributed by atoms with Gasteiger partial charge in [0.1, 0.15) is 5.52 Å². The van der Waals surface area contributed by atoms with E-state index in [1.165, 1.54) is 27.7 Å². The largest absolute Gasteiger partial charge is 0.315 e. The lowest BCUT2D eigenvalue weighted by Gasteiger charge is -2.43. The number of hydrogen-bond donors (Lipinski definition) is 0. The number of nitrogens with zero attached hydrogens (tertiary/aromatic N) is 2. The summed E-state index contributed by atoms with van der Waals surface area (Å²) in [7, 11) is 0. The topological polar surface area (TPSA) is 8.29 Å².